The number of alkyl halides is 3. The first-order valence-corrected chi connectivity index (χ1v) is 7.59. The van der Waals surface area contributed by atoms with Gasteiger partial charge in [-0.1, -0.05) is 12.1 Å². The number of rotatable bonds is 6. The van der Waals surface area contributed by atoms with E-state index in [1.165, 1.54) is 17.0 Å². The fourth-order valence-corrected chi connectivity index (χ4v) is 2.89. The topological polar surface area (TPSA) is 15.3 Å². The molecule has 0 spiro atoms. The Bertz CT molecular complexity index is 458. The molecule has 0 aromatic heterocycles. The fourth-order valence-electron chi connectivity index (χ4n) is 2.89. The zero-order valence-corrected chi connectivity index (χ0v) is 12.7. The van der Waals surface area contributed by atoms with E-state index >= 15 is 0 Å². The van der Waals surface area contributed by atoms with Gasteiger partial charge in [0.2, 0.25) is 0 Å². The molecule has 6 heteroatoms. The summed E-state index contributed by atoms with van der Waals surface area (Å²) in [4.78, 5) is 1.47. The van der Waals surface area contributed by atoms with Crippen LogP contribution < -0.4 is 5.32 Å². The fraction of sp³-hybridized carbons (Fsp3) is 0.625. The standard InChI is InChI=1S/C16H22F4N2/c1-12(8-13-2-4-15(17)5-3-13)21-9-14-6-7-22(10-14)11-16(18,19)20/h2-5,12,14,21H,6-11H2,1H3/t12-,14-/m1/s1. The van der Waals surface area contributed by atoms with Gasteiger partial charge in [0.25, 0.3) is 0 Å². The van der Waals surface area contributed by atoms with Crippen molar-refractivity contribution in [3.8, 4) is 0 Å². The summed E-state index contributed by atoms with van der Waals surface area (Å²) in [5.41, 5.74) is 1.05. The Kier molecular flexibility index (Phi) is 5.81. The summed E-state index contributed by atoms with van der Waals surface area (Å²) in [6, 6.07) is 6.60. The molecule has 1 N–H and O–H groups in total. The van der Waals surface area contributed by atoms with Gasteiger partial charge < -0.3 is 5.32 Å². The minimum absolute atomic E-state index is 0.210. The van der Waals surface area contributed by atoms with E-state index in [1.54, 1.807) is 12.1 Å². The van der Waals surface area contributed by atoms with Crippen molar-refractivity contribution in [3.05, 3.63) is 35.6 Å². The third kappa shape index (κ3) is 5.93. The smallest absolute Gasteiger partial charge is 0.314 e. The summed E-state index contributed by atoms with van der Waals surface area (Å²) >= 11 is 0. The van der Waals surface area contributed by atoms with Gasteiger partial charge in [-0.15, -0.1) is 0 Å². The van der Waals surface area contributed by atoms with E-state index < -0.39 is 12.7 Å². The maximum absolute atomic E-state index is 12.8. The first-order chi connectivity index (χ1) is 10.3. The molecule has 2 nitrogen and oxygen atoms in total. The Morgan fingerprint density at radius 3 is 2.59 bits per heavy atom. The predicted octanol–water partition coefficient (Wildman–Crippen LogP) is 3.23. The van der Waals surface area contributed by atoms with Gasteiger partial charge in [0.05, 0.1) is 6.54 Å². The van der Waals surface area contributed by atoms with E-state index in [4.69, 9.17) is 0 Å². The molecule has 1 aromatic rings. The Labute approximate surface area is 128 Å². The van der Waals surface area contributed by atoms with Gasteiger partial charge in [-0.2, -0.15) is 13.2 Å². The van der Waals surface area contributed by atoms with Gasteiger partial charge in [0.1, 0.15) is 5.82 Å². The molecule has 1 saturated heterocycles. The molecule has 1 aliphatic rings. The van der Waals surface area contributed by atoms with Gasteiger partial charge in [0.15, 0.2) is 0 Å². The Morgan fingerprint density at radius 1 is 1.27 bits per heavy atom. The molecule has 2 atom stereocenters. The summed E-state index contributed by atoms with van der Waals surface area (Å²) in [5.74, 6) is 0.0121. The predicted molar refractivity (Wildman–Crippen MR) is 78.2 cm³/mol. The molecule has 0 radical (unpaired) electrons. The molecule has 0 aliphatic carbocycles. The van der Waals surface area contributed by atoms with Crippen LogP contribution in [-0.4, -0.2) is 43.3 Å². The lowest BCUT2D eigenvalue weighted by Crippen LogP contribution is -2.36. The van der Waals surface area contributed by atoms with Crippen molar-refractivity contribution >= 4 is 0 Å². The van der Waals surface area contributed by atoms with Crippen LogP contribution in [0.5, 0.6) is 0 Å². The molecule has 124 valence electrons. The monoisotopic (exact) mass is 318 g/mol. The highest BCUT2D eigenvalue weighted by atomic mass is 19.4. The van der Waals surface area contributed by atoms with E-state index in [9.17, 15) is 17.6 Å². The summed E-state index contributed by atoms with van der Waals surface area (Å²) < 4.78 is 49.8. The van der Waals surface area contributed by atoms with Crippen LogP contribution in [0.25, 0.3) is 0 Å². The van der Waals surface area contributed by atoms with E-state index in [-0.39, 0.29) is 17.8 Å². The van der Waals surface area contributed by atoms with E-state index in [1.807, 2.05) is 6.92 Å². The minimum Gasteiger partial charge on any atom is -0.314 e. The van der Waals surface area contributed by atoms with Gasteiger partial charge in [-0.3, -0.25) is 4.90 Å². The molecule has 2 rings (SSSR count). The average Bonchev–Trinajstić information content (AvgIpc) is 2.84. The maximum Gasteiger partial charge on any atom is 0.401 e. The van der Waals surface area contributed by atoms with Crippen LogP contribution in [-0.2, 0) is 6.42 Å². The zero-order chi connectivity index (χ0) is 16.2. The molecule has 0 amide bonds. The lowest BCUT2D eigenvalue weighted by molar-refractivity contribution is -0.143. The van der Waals surface area contributed by atoms with Gasteiger partial charge >= 0.3 is 6.18 Å². The van der Waals surface area contributed by atoms with Crippen molar-refractivity contribution in [2.75, 3.05) is 26.2 Å². The van der Waals surface area contributed by atoms with Gasteiger partial charge in [-0.25, -0.2) is 4.39 Å². The average molecular weight is 318 g/mol. The van der Waals surface area contributed by atoms with E-state index in [0.717, 1.165) is 24.9 Å². The molecule has 1 aliphatic heterocycles. The van der Waals surface area contributed by atoms with Crippen LogP contribution in [0.1, 0.15) is 18.9 Å². The lowest BCUT2D eigenvalue weighted by Gasteiger charge is -2.19. The van der Waals surface area contributed by atoms with Crippen molar-refractivity contribution in [1.29, 1.82) is 0 Å². The van der Waals surface area contributed by atoms with Crippen molar-refractivity contribution in [1.82, 2.24) is 10.2 Å². The van der Waals surface area contributed by atoms with Crippen LogP contribution in [0.3, 0.4) is 0 Å². The van der Waals surface area contributed by atoms with Crippen LogP contribution in [0.15, 0.2) is 24.3 Å². The van der Waals surface area contributed by atoms with Crippen LogP contribution >= 0.6 is 0 Å². The Morgan fingerprint density at radius 2 is 1.95 bits per heavy atom. The van der Waals surface area contributed by atoms with Gasteiger partial charge in [0, 0.05) is 12.6 Å². The van der Waals surface area contributed by atoms with E-state index in [2.05, 4.69) is 5.32 Å². The Hall–Kier alpha value is -1.14. The largest absolute Gasteiger partial charge is 0.401 e. The van der Waals surface area contributed by atoms with Crippen molar-refractivity contribution < 1.29 is 17.6 Å². The number of hydrogen-bond acceptors (Lipinski definition) is 2. The van der Waals surface area contributed by atoms with Crippen LogP contribution in [0, 0.1) is 11.7 Å². The normalized spacial score (nSPS) is 21.2. The van der Waals surface area contributed by atoms with Crippen LogP contribution in [0.2, 0.25) is 0 Å². The maximum atomic E-state index is 12.8. The third-order valence-electron chi connectivity index (χ3n) is 3.98. The molecular weight excluding hydrogens is 296 g/mol. The summed E-state index contributed by atoms with van der Waals surface area (Å²) in [6.07, 6.45) is -2.54. The molecule has 1 heterocycles. The number of nitrogens with zero attached hydrogens (tertiary/aromatic N) is 1. The molecule has 0 unspecified atom stereocenters. The number of nitrogens with one attached hydrogen (secondary N) is 1. The second-order valence-electron chi connectivity index (χ2n) is 6.14. The molecule has 22 heavy (non-hydrogen) atoms. The van der Waals surface area contributed by atoms with E-state index in [0.29, 0.717) is 13.1 Å². The second kappa shape index (κ2) is 7.42. The first-order valence-electron chi connectivity index (χ1n) is 7.59. The number of likely N-dealkylation sites (tertiary alicyclic amines) is 1. The first kappa shape index (κ1) is 17.2. The third-order valence-corrected chi connectivity index (χ3v) is 3.98. The van der Waals surface area contributed by atoms with Gasteiger partial charge in [-0.05, 0) is 56.5 Å². The summed E-state index contributed by atoms with van der Waals surface area (Å²) in [5, 5.41) is 3.37. The summed E-state index contributed by atoms with van der Waals surface area (Å²) in [7, 11) is 0. The number of benzene rings is 1. The highest BCUT2D eigenvalue weighted by Gasteiger charge is 2.34. The summed E-state index contributed by atoms with van der Waals surface area (Å²) in [6.45, 7) is 2.95. The minimum atomic E-state index is -4.11. The molecule has 1 fully saturated rings. The zero-order valence-electron chi connectivity index (χ0n) is 12.7. The highest BCUT2D eigenvalue weighted by molar-refractivity contribution is 5.16. The molecule has 0 saturated carbocycles. The quantitative estimate of drug-likeness (QED) is 0.810. The van der Waals surface area contributed by atoms with Crippen molar-refractivity contribution in [2.24, 2.45) is 5.92 Å². The highest BCUT2D eigenvalue weighted by Crippen LogP contribution is 2.22. The molecule has 1 aromatic carbocycles. The molecular formula is C16H22F4N2. The number of hydrogen-bond donors (Lipinski definition) is 1. The van der Waals surface area contributed by atoms with Crippen molar-refractivity contribution in [2.45, 2.75) is 32.0 Å². The Balaban J connectivity index is 1.69. The van der Waals surface area contributed by atoms with Crippen LogP contribution in [0.4, 0.5) is 17.6 Å². The molecule has 0 bridgehead atoms. The second-order valence-corrected chi connectivity index (χ2v) is 6.14. The van der Waals surface area contributed by atoms with Crippen molar-refractivity contribution in [3.63, 3.8) is 0 Å². The number of halogens is 4. The lowest BCUT2D eigenvalue weighted by atomic mass is 10.1. The SMILES string of the molecule is C[C@H](Cc1ccc(F)cc1)NC[C@H]1CCN(CC(F)(F)F)C1.